The Bertz CT molecular complexity index is 447. The Hall–Kier alpha value is -0.620. The summed E-state index contributed by atoms with van der Waals surface area (Å²) in [6.45, 7) is 1.80. The van der Waals surface area contributed by atoms with E-state index in [0.29, 0.717) is 0 Å². The van der Waals surface area contributed by atoms with Crippen molar-refractivity contribution >= 4 is 34.7 Å². The van der Waals surface area contributed by atoms with Crippen LogP contribution in [0, 0.1) is 0 Å². The molecule has 2 rings (SSSR count). The first-order valence-electron chi connectivity index (χ1n) is 5.19. The molecular formula is C11H12ClN3S2. The van der Waals surface area contributed by atoms with Crippen LogP contribution in [0.5, 0.6) is 0 Å². The maximum atomic E-state index is 5.85. The third kappa shape index (κ3) is 4.63. The topological polar surface area (TPSA) is 37.8 Å². The summed E-state index contributed by atoms with van der Waals surface area (Å²) in [7, 11) is 0. The molecular weight excluding hydrogens is 274 g/mol. The molecule has 0 spiro atoms. The molecule has 0 saturated carbocycles. The van der Waals surface area contributed by atoms with Gasteiger partial charge in [0.15, 0.2) is 5.16 Å². The van der Waals surface area contributed by atoms with Gasteiger partial charge in [0.1, 0.15) is 0 Å². The predicted molar refractivity (Wildman–Crippen MR) is 73.8 cm³/mol. The summed E-state index contributed by atoms with van der Waals surface area (Å²) in [5.74, 6) is 0.961. The average Bonchev–Trinajstić information content (AvgIpc) is 2.76. The molecule has 17 heavy (non-hydrogen) atoms. The molecule has 90 valence electrons. The van der Waals surface area contributed by atoms with Crippen molar-refractivity contribution in [2.24, 2.45) is 0 Å². The Balaban J connectivity index is 1.61. The van der Waals surface area contributed by atoms with Gasteiger partial charge in [0.25, 0.3) is 0 Å². The van der Waals surface area contributed by atoms with E-state index >= 15 is 0 Å². The normalized spacial score (nSPS) is 10.6. The Morgan fingerprint density at radius 1 is 1.29 bits per heavy atom. The maximum Gasteiger partial charge on any atom is 0.187 e. The van der Waals surface area contributed by atoms with Crippen LogP contribution >= 0.6 is 34.7 Å². The minimum Gasteiger partial charge on any atom is -0.311 e. The number of thiophene rings is 1. The van der Waals surface area contributed by atoms with Crippen LogP contribution in [0.15, 0.2) is 35.7 Å². The van der Waals surface area contributed by atoms with Gasteiger partial charge < -0.3 is 5.32 Å². The van der Waals surface area contributed by atoms with E-state index in [0.717, 1.165) is 28.3 Å². The molecule has 3 nitrogen and oxygen atoms in total. The molecule has 0 aromatic carbocycles. The fraction of sp³-hybridized carbons (Fsp3) is 0.273. The molecule has 2 heterocycles. The van der Waals surface area contributed by atoms with Crippen LogP contribution < -0.4 is 5.32 Å². The molecule has 0 aliphatic rings. The average molecular weight is 286 g/mol. The molecule has 0 fully saturated rings. The Labute approximate surface area is 114 Å². The maximum absolute atomic E-state index is 5.85. The van der Waals surface area contributed by atoms with E-state index in [1.165, 1.54) is 4.88 Å². The zero-order chi connectivity index (χ0) is 11.9. The number of hydrogen-bond acceptors (Lipinski definition) is 5. The Morgan fingerprint density at radius 2 is 2.12 bits per heavy atom. The van der Waals surface area contributed by atoms with Crippen LogP contribution in [0.3, 0.4) is 0 Å². The van der Waals surface area contributed by atoms with Crippen LogP contribution in [0.1, 0.15) is 4.88 Å². The van der Waals surface area contributed by atoms with Crippen molar-refractivity contribution in [3.8, 4) is 0 Å². The van der Waals surface area contributed by atoms with Crippen molar-refractivity contribution < 1.29 is 0 Å². The van der Waals surface area contributed by atoms with Crippen molar-refractivity contribution in [1.29, 1.82) is 0 Å². The molecule has 0 bridgehead atoms. The zero-order valence-corrected chi connectivity index (χ0v) is 11.5. The lowest BCUT2D eigenvalue weighted by atomic mass is 10.4. The molecule has 0 radical (unpaired) electrons. The molecule has 0 atom stereocenters. The van der Waals surface area contributed by atoms with Gasteiger partial charge >= 0.3 is 0 Å². The van der Waals surface area contributed by atoms with Crippen LogP contribution in [0.4, 0.5) is 0 Å². The van der Waals surface area contributed by atoms with Gasteiger partial charge in [-0.2, -0.15) is 0 Å². The first kappa shape index (κ1) is 12.8. The van der Waals surface area contributed by atoms with Gasteiger partial charge in [-0.3, -0.25) is 0 Å². The summed E-state index contributed by atoms with van der Waals surface area (Å²) in [6.07, 6.45) is 3.52. The predicted octanol–water partition coefficient (Wildman–Crippen LogP) is 3.07. The second kappa shape index (κ2) is 6.96. The molecule has 0 aliphatic heterocycles. The van der Waals surface area contributed by atoms with Crippen molar-refractivity contribution in [3.63, 3.8) is 0 Å². The number of nitrogens with zero attached hydrogens (tertiary/aromatic N) is 2. The summed E-state index contributed by atoms with van der Waals surface area (Å²) in [6, 6.07) is 5.80. The lowest BCUT2D eigenvalue weighted by Gasteiger charge is -2.01. The van der Waals surface area contributed by atoms with E-state index in [-0.39, 0.29) is 0 Å². The number of halogens is 1. The third-order valence-corrected chi connectivity index (χ3v) is 4.09. The number of nitrogens with one attached hydrogen (secondary N) is 1. The smallest absolute Gasteiger partial charge is 0.187 e. The largest absolute Gasteiger partial charge is 0.311 e. The number of thioether (sulfide) groups is 1. The number of rotatable bonds is 6. The van der Waals surface area contributed by atoms with Crippen LogP contribution in [-0.2, 0) is 6.54 Å². The molecule has 2 aromatic heterocycles. The van der Waals surface area contributed by atoms with E-state index in [4.69, 9.17) is 11.6 Å². The third-order valence-electron chi connectivity index (χ3n) is 1.98. The number of aromatic nitrogens is 2. The molecule has 2 aromatic rings. The summed E-state index contributed by atoms with van der Waals surface area (Å²) in [4.78, 5) is 9.55. The molecule has 0 unspecified atom stereocenters. The van der Waals surface area contributed by atoms with Gasteiger partial charge in [-0.1, -0.05) is 23.4 Å². The van der Waals surface area contributed by atoms with E-state index in [2.05, 4.69) is 15.3 Å². The summed E-state index contributed by atoms with van der Waals surface area (Å²) < 4.78 is 0.842. The minimum absolute atomic E-state index is 0.827. The van der Waals surface area contributed by atoms with E-state index in [1.54, 1.807) is 35.5 Å². The molecule has 1 N–H and O–H groups in total. The Morgan fingerprint density at radius 3 is 2.82 bits per heavy atom. The second-order valence-corrected chi connectivity index (χ2v) is 6.12. The van der Waals surface area contributed by atoms with Gasteiger partial charge in [-0.25, -0.2) is 9.97 Å². The van der Waals surface area contributed by atoms with Crippen LogP contribution in [-0.4, -0.2) is 22.3 Å². The fourth-order valence-corrected chi connectivity index (χ4v) is 2.99. The highest BCUT2D eigenvalue weighted by Gasteiger charge is 1.98. The molecule has 0 saturated heterocycles. The van der Waals surface area contributed by atoms with Gasteiger partial charge in [-0.05, 0) is 18.2 Å². The molecule has 6 heteroatoms. The SMILES string of the molecule is Clc1ccc(CNCCSc2ncccn2)s1. The van der Waals surface area contributed by atoms with Gasteiger partial charge in [0.2, 0.25) is 0 Å². The standard InChI is InChI=1S/C11H12ClN3S2/c12-10-3-2-9(17-10)8-13-6-7-16-11-14-4-1-5-15-11/h1-5,13H,6-8H2. The quantitative estimate of drug-likeness (QED) is 0.503. The van der Waals surface area contributed by atoms with Crippen molar-refractivity contribution in [1.82, 2.24) is 15.3 Å². The molecule has 0 aliphatic carbocycles. The van der Waals surface area contributed by atoms with E-state index < -0.39 is 0 Å². The first-order chi connectivity index (χ1) is 8.34. The minimum atomic E-state index is 0.827. The Kier molecular flexibility index (Phi) is 5.25. The van der Waals surface area contributed by atoms with Crippen molar-refractivity contribution in [2.75, 3.05) is 12.3 Å². The highest BCUT2D eigenvalue weighted by Crippen LogP contribution is 2.21. The highest BCUT2D eigenvalue weighted by atomic mass is 35.5. The second-order valence-electron chi connectivity index (χ2n) is 3.26. The fourth-order valence-electron chi connectivity index (χ4n) is 1.23. The van der Waals surface area contributed by atoms with Crippen molar-refractivity contribution in [3.05, 3.63) is 39.8 Å². The van der Waals surface area contributed by atoms with Crippen LogP contribution in [0.2, 0.25) is 4.34 Å². The molecule has 0 amide bonds. The lowest BCUT2D eigenvalue weighted by molar-refractivity contribution is 0.740. The van der Waals surface area contributed by atoms with Crippen LogP contribution in [0.25, 0.3) is 0 Å². The zero-order valence-electron chi connectivity index (χ0n) is 9.10. The van der Waals surface area contributed by atoms with Gasteiger partial charge in [0.05, 0.1) is 4.34 Å². The van der Waals surface area contributed by atoms with Crippen molar-refractivity contribution in [2.45, 2.75) is 11.7 Å². The highest BCUT2D eigenvalue weighted by molar-refractivity contribution is 7.99. The van der Waals surface area contributed by atoms with E-state index in [1.807, 2.05) is 18.2 Å². The summed E-state index contributed by atoms with van der Waals surface area (Å²) >= 11 is 9.12. The first-order valence-corrected chi connectivity index (χ1v) is 7.37. The summed E-state index contributed by atoms with van der Waals surface area (Å²) in [5, 5.41) is 4.19. The summed E-state index contributed by atoms with van der Waals surface area (Å²) in [5.41, 5.74) is 0. The lowest BCUT2D eigenvalue weighted by Crippen LogP contribution is -2.15. The monoisotopic (exact) mass is 285 g/mol. The van der Waals surface area contributed by atoms with Gasteiger partial charge in [-0.15, -0.1) is 11.3 Å². The van der Waals surface area contributed by atoms with E-state index in [9.17, 15) is 0 Å². The number of hydrogen-bond donors (Lipinski definition) is 1. The van der Waals surface area contributed by atoms with Gasteiger partial charge in [0, 0.05) is 36.1 Å².